The molecule has 1 N–H and O–H groups in total. The number of carboxylic acid groups (broad SMARTS) is 1. The summed E-state index contributed by atoms with van der Waals surface area (Å²) in [5.41, 5.74) is 1.15. The van der Waals surface area contributed by atoms with E-state index in [4.69, 9.17) is 5.11 Å². The molecule has 72 valence electrons. The summed E-state index contributed by atoms with van der Waals surface area (Å²) in [6.07, 6.45) is 0. The van der Waals surface area contributed by atoms with Crippen LogP contribution in [0.5, 0.6) is 0 Å². The summed E-state index contributed by atoms with van der Waals surface area (Å²) >= 11 is 3.00. The second kappa shape index (κ2) is 3.55. The van der Waals surface area contributed by atoms with E-state index >= 15 is 0 Å². The average Bonchev–Trinajstić information content (AvgIpc) is 2.71. The van der Waals surface area contributed by atoms with Crippen LogP contribution in [0.1, 0.15) is 14.5 Å². The third kappa shape index (κ3) is 1.58. The molecule has 0 amide bonds. The normalized spacial score (nSPS) is 10.4. The van der Waals surface area contributed by atoms with Crippen LogP contribution < -0.4 is 0 Å². The summed E-state index contributed by atoms with van der Waals surface area (Å²) in [6, 6.07) is 5.54. The van der Waals surface area contributed by atoms with Crippen molar-refractivity contribution in [3.8, 4) is 10.4 Å². The maximum absolute atomic E-state index is 10.7. The summed E-state index contributed by atoms with van der Waals surface area (Å²) in [5, 5.41) is 10.8. The second-order valence-electron chi connectivity index (χ2n) is 2.86. The van der Waals surface area contributed by atoms with Gasteiger partial charge in [0, 0.05) is 15.3 Å². The zero-order valence-corrected chi connectivity index (χ0v) is 9.11. The topological polar surface area (TPSA) is 37.3 Å². The fraction of sp³-hybridized carbons (Fsp3) is 0.100. The number of carboxylic acids is 1. The van der Waals surface area contributed by atoms with Crippen LogP contribution in [0.2, 0.25) is 0 Å². The monoisotopic (exact) mass is 224 g/mol. The number of carbonyl (C=O) groups is 1. The molecule has 2 aromatic rings. The number of hydrogen-bond acceptors (Lipinski definition) is 3. The molecule has 2 heterocycles. The number of aryl methyl sites for hydroxylation is 1. The molecule has 2 rings (SSSR count). The van der Waals surface area contributed by atoms with Crippen molar-refractivity contribution in [3.05, 3.63) is 33.3 Å². The molecule has 2 aromatic heterocycles. The van der Waals surface area contributed by atoms with Crippen LogP contribution in [0, 0.1) is 6.92 Å². The zero-order valence-electron chi connectivity index (χ0n) is 7.48. The minimum Gasteiger partial charge on any atom is -0.477 e. The molecule has 0 bridgehead atoms. The lowest BCUT2D eigenvalue weighted by Crippen LogP contribution is -1.89. The lowest BCUT2D eigenvalue weighted by Gasteiger charge is -1.92. The van der Waals surface area contributed by atoms with Gasteiger partial charge in [-0.3, -0.25) is 0 Å². The van der Waals surface area contributed by atoms with Crippen molar-refractivity contribution in [2.24, 2.45) is 0 Å². The van der Waals surface area contributed by atoms with Crippen LogP contribution in [-0.4, -0.2) is 11.1 Å². The highest BCUT2D eigenvalue weighted by Crippen LogP contribution is 2.32. The van der Waals surface area contributed by atoms with Crippen molar-refractivity contribution in [2.45, 2.75) is 6.92 Å². The van der Waals surface area contributed by atoms with E-state index in [1.165, 1.54) is 16.2 Å². The molecule has 0 fully saturated rings. The van der Waals surface area contributed by atoms with Gasteiger partial charge in [0.2, 0.25) is 0 Å². The van der Waals surface area contributed by atoms with E-state index in [2.05, 4.69) is 0 Å². The second-order valence-corrected chi connectivity index (χ2v) is 5.06. The fourth-order valence-corrected chi connectivity index (χ4v) is 2.94. The van der Waals surface area contributed by atoms with Crippen LogP contribution >= 0.6 is 22.7 Å². The van der Waals surface area contributed by atoms with Gasteiger partial charge in [-0.15, -0.1) is 22.7 Å². The first kappa shape index (κ1) is 9.43. The van der Waals surface area contributed by atoms with Crippen LogP contribution in [0.4, 0.5) is 0 Å². The van der Waals surface area contributed by atoms with Gasteiger partial charge in [0.05, 0.1) is 0 Å². The fourth-order valence-electron chi connectivity index (χ4n) is 1.24. The first-order valence-corrected chi connectivity index (χ1v) is 5.75. The van der Waals surface area contributed by atoms with Gasteiger partial charge in [-0.25, -0.2) is 4.79 Å². The van der Waals surface area contributed by atoms with Crippen LogP contribution in [0.15, 0.2) is 23.6 Å². The van der Waals surface area contributed by atoms with Gasteiger partial charge in [-0.05, 0) is 30.5 Å². The van der Waals surface area contributed by atoms with Crippen molar-refractivity contribution < 1.29 is 9.90 Å². The van der Waals surface area contributed by atoms with Gasteiger partial charge in [-0.1, -0.05) is 0 Å². The van der Waals surface area contributed by atoms with Crippen LogP contribution in [0.25, 0.3) is 10.4 Å². The first-order chi connectivity index (χ1) is 6.68. The van der Waals surface area contributed by atoms with Crippen molar-refractivity contribution in [3.63, 3.8) is 0 Å². The quantitative estimate of drug-likeness (QED) is 0.847. The molecule has 0 saturated carbocycles. The molecule has 14 heavy (non-hydrogen) atoms. The Kier molecular flexibility index (Phi) is 2.39. The zero-order chi connectivity index (χ0) is 10.1. The van der Waals surface area contributed by atoms with E-state index in [1.807, 2.05) is 24.4 Å². The maximum Gasteiger partial charge on any atom is 0.345 e. The Morgan fingerprint density at radius 3 is 2.64 bits per heavy atom. The molecule has 0 unspecified atom stereocenters. The molecular weight excluding hydrogens is 216 g/mol. The Morgan fingerprint density at radius 1 is 1.36 bits per heavy atom. The van der Waals surface area contributed by atoms with E-state index in [0.717, 1.165) is 10.4 Å². The number of thiophene rings is 2. The van der Waals surface area contributed by atoms with Crippen LogP contribution in [-0.2, 0) is 0 Å². The number of hydrogen-bond donors (Lipinski definition) is 1. The van der Waals surface area contributed by atoms with Gasteiger partial charge in [0.15, 0.2) is 0 Å². The van der Waals surface area contributed by atoms with Crippen molar-refractivity contribution in [2.75, 3.05) is 0 Å². The Labute approximate surface area is 89.5 Å². The Balaban J connectivity index is 2.43. The largest absolute Gasteiger partial charge is 0.477 e. The highest BCUT2D eigenvalue weighted by molar-refractivity contribution is 7.18. The molecule has 0 aliphatic rings. The smallest absolute Gasteiger partial charge is 0.345 e. The molecule has 0 aromatic carbocycles. The summed E-state index contributed by atoms with van der Waals surface area (Å²) < 4.78 is 0. The SMILES string of the molecule is Cc1sccc1-c1ccc(C(=O)O)s1. The molecule has 2 nitrogen and oxygen atoms in total. The molecule has 0 radical (unpaired) electrons. The Bertz CT molecular complexity index is 468. The molecule has 4 heteroatoms. The average molecular weight is 224 g/mol. The van der Waals surface area contributed by atoms with E-state index in [-0.39, 0.29) is 0 Å². The first-order valence-electron chi connectivity index (χ1n) is 4.06. The third-order valence-corrected chi connectivity index (χ3v) is 3.89. The van der Waals surface area contributed by atoms with E-state index in [9.17, 15) is 4.79 Å². The van der Waals surface area contributed by atoms with Gasteiger partial charge in [0.1, 0.15) is 4.88 Å². The van der Waals surface area contributed by atoms with E-state index < -0.39 is 5.97 Å². The molecule has 0 spiro atoms. The summed E-state index contributed by atoms with van der Waals surface area (Å²) in [4.78, 5) is 13.3. The molecule has 0 atom stereocenters. The summed E-state index contributed by atoms with van der Waals surface area (Å²) in [6.45, 7) is 2.04. The van der Waals surface area contributed by atoms with Crippen molar-refractivity contribution in [1.82, 2.24) is 0 Å². The lowest BCUT2D eigenvalue weighted by atomic mass is 10.2. The highest BCUT2D eigenvalue weighted by Gasteiger charge is 2.10. The molecule has 0 aliphatic carbocycles. The maximum atomic E-state index is 10.7. The van der Waals surface area contributed by atoms with E-state index in [1.54, 1.807) is 17.4 Å². The molecule has 0 aliphatic heterocycles. The van der Waals surface area contributed by atoms with Gasteiger partial charge in [-0.2, -0.15) is 0 Å². The Hall–Kier alpha value is -1.13. The predicted octanol–water partition coefficient (Wildman–Crippen LogP) is 3.48. The predicted molar refractivity (Wildman–Crippen MR) is 59.3 cm³/mol. The molecule has 0 saturated heterocycles. The minimum atomic E-state index is -0.853. The third-order valence-electron chi connectivity index (χ3n) is 1.94. The molecular formula is C10H8O2S2. The number of aromatic carboxylic acids is 1. The highest BCUT2D eigenvalue weighted by atomic mass is 32.1. The van der Waals surface area contributed by atoms with Crippen molar-refractivity contribution >= 4 is 28.6 Å². The Morgan fingerprint density at radius 2 is 2.14 bits per heavy atom. The standard InChI is InChI=1S/C10H8O2S2/c1-6-7(4-5-13-6)8-2-3-9(14-8)10(11)12/h2-5H,1H3,(H,11,12). The van der Waals surface area contributed by atoms with E-state index in [0.29, 0.717) is 4.88 Å². The van der Waals surface area contributed by atoms with Gasteiger partial charge < -0.3 is 5.11 Å². The number of rotatable bonds is 2. The summed E-state index contributed by atoms with van der Waals surface area (Å²) in [5.74, 6) is -0.853. The van der Waals surface area contributed by atoms with Crippen molar-refractivity contribution in [1.29, 1.82) is 0 Å². The van der Waals surface area contributed by atoms with Crippen LogP contribution in [0.3, 0.4) is 0 Å². The minimum absolute atomic E-state index is 0.394. The van der Waals surface area contributed by atoms with Gasteiger partial charge in [0.25, 0.3) is 0 Å². The van der Waals surface area contributed by atoms with Gasteiger partial charge >= 0.3 is 5.97 Å². The summed E-state index contributed by atoms with van der Waals surface area (Å²) in [7, 11) is 0. The lowest BCUT2D eigenvalue weighted by molar-refractivity contribution is 0.0702.